The molecular formula is C11H16N2OSn. The summed E-state index contributed by atoms with van der Waals surface area (Å²) >= 11 is -2.08. The monoisotopic (exact) mass is 312 g/mol. The van der Waals surface area contributed by atoms with Crippen molar-refractivity contribution in [1.82, 2.24) is 8.97 Å². The van der Waals surface area contributed by atoms with Gasteiger partial charge >= 0.3 is 93.3 Å². The Hall–Kier alpha value is -0.711. The van der Waals surface area contributed by atoms with E-state index in [2.05, 4.69) is 20.9 Å². The second-order valence-electron chi connectivity index (χ2n) is 4.94. The molecule has 0 saturated heterocycles. The van der Waals surface area contributed by atoms with Crippen LogP contribution in [0.15, 0.2) is 29.3 Å². The van der Waals surface area contributed by atoms with Gasteiger partial charge in [0.15, 0.2) is 0 Å². The summed E-state index contributed by atoms with van der Waals surface area (Å²) in [4.78, 5) is 18.9. The Morgan fingerprint density at radius 3 is 2.40 bits per heavy atom. The second kappa shape index (κ2) is 3.40. The van der Waals surface area contributed by atoms with E-state index >= 15 is 0 Å². The molecule has 2 rings (SSSR count). The van der Waals surface area contributed by atoms with Crippen molar-refractivity contribution in [2.75, 3.05) is 0 Å². The maximum atomic E-state index is 11.8. The van der Waals surface area contributed by atoms with E-state index < -0.39 is 18.4 Å². The average molecular weight is 311 g/mol. The minimum absolute atomic E-state index is 0.0364. The van der Waals surface area contributed by atoms with Crippen LogP contribution in [0.25, 0.3) is 5.52 Å². The minimum atomic E-state index is -2.08. The van der Waals surface area contributed by atoms with Crippen molar-refractivity contribution in [3.63, 3.8) is 0 Å². The van der Waals surface area contributed by atoms with Crippen LogP contribution < -0.4 is 9.27 Å². The van der Waals surface area contributed by atoms with Crippen molar-refractivity contribution in [1.29, 1.82) is 0 Å². The molecule has 0 spiro atoms. The van der Waals surface area contributed by atoms with E-state index in [-0.39, 0.29) is 5.69 Å². The normalized spacial score (nSPS) is 12.3. The molecule has 0 saturated carbocycles. The van der Waals surface area contributed by atoms with E-state index in [4.69, 9.17) is 0 Å². The van der Waals surface area contributed by atoms with Gasteiger partial charge in [0.05, 0.1) is 0 Å². The van der Waals surface area contributed by atoms with Crippen LogP contribution in [0.5, 0.6) is 0 Å². The summed E-state index contributed by atoms with van der Waals surface area (Å²) < 4.78 is 4.77. The first-order valence-corrected chi connectivity index (χ1v) is 15.1. The fourth-order valence-electron chi connectivity index (χ4n) is 1.83. The van der Waals surface area contributed by atoms with Gasteiger partial charge in [-0.15, -0.1) is 0 Å². The molecule has 0 fully saturated rings. The third kappa shape index (κ3) is 1.73. The van der Waals surface area contributed by atoms with Crippen LogP contribution >= 0.6 is 0 Å². The molecule has 0 aliphatic heterocycles. The SMILES string of the molecule is Cn1ccc2[c]([Sn]([CH3])([CH3])[CH3])ccn2c1=O. The Balaban J connectivity index is 2.84. The van der Waals surface area contributed by atoms with Crippen LogP contribution in [0, 0.1) is 0 Å². The molecule has 4 heteroatoms. The van der Waals surface area contributed by atoms with Crippen LogP contribution in [-0.4, -0.2) is 27.3 Å². The molecule has 0 aromatic carbocycles. The van der Waals surface area contributed by atoms with E-state index in [1.54, 1.807) is 16.0 Å². The third-order valence-corrected chi connectivity index (χ3v) is 8.52. The number of aryl methyl sites for hydroxylation is 1. The van der Waals surface area contributed by atoms with Gasteiger partial charge in [-0.1, -0.05) is 0 Å². The Bertz CT molecular complexity index is 560. The molecule has 0 aliphatic carbocycles. The third-order valence-electron chi connectivity index (χ3n) is 2.70. The van der Waals surface area contributed by atoms with Gasteiger partial charge in [-0.2, -0.15) is 0 Å². The van der Waals surface area contributed by atoms with Gasteiger partial charge < -0.3 is 0 Å². The molecule has 0 atom stereocenters. The molecule has 2 aromatic rings. The van der Waals surface area contributed by atoms with Gasteiger partial charge in [0.2, 0.25) is 0 Å². The van der Waals surface area contributed by atoms with Gasteiger partial charge in [0.25, 0.3) is 0 Å². The predicted molar refractivity (Wildman–Crippen MR) is 65.6 cm³/mol. The molecule has 0 aliphatic rings. The molecule has 0 radical (unpaired) electrons. The molecule has 2 heterocycles. The van der Waals surface area contributed by atoms with Crippen LogP contribution in [0.1, 0.15) is 0 Å². The van der Waals surface area contributed by atoms with E-state index in [0.717, 1.165) is 5.52 Å². The van der Waals surface area contributed by atoms with Crippen LogP contribution in [0.4, 0.5) is 0 Å². The molecule has 0 N–H and O–H groups in total. The fraction of sp³-hybridized carbons (Fsp3) is 0.364. The van der Waals surface area contributed by atoms with E-state index in [9.17, 15) is 4.79 Å². The van der Waals surface area contributed by atoms with Crippen molar-refractivity contribution >= 4 is 27.5 Å². The standard InChI is InChI=1S/C8H7N2O.3CH3.Sn/c1-9-6-4-7-3-2-5-10(7)8(9)11;;;;/h2,4-6H,1H3;3*1H3;. The number of hydrogen-bond donors (Lipinski definition) is 0. The van der Waals surface area contributed by atoms with Crippen molar-refractivity contribution in [2.24, 2.45) is 7.05 Å². The Kier molecular flexibility index (Phi) is 2.45. The van der Waals surface area contributed by atoms with Crippen LogP contribution in [0.3, 0.4) is 0 Å². The van der Waals surface area contributed by atoms with Crippen molar-refractivity contribution in [2.45, 2.75) is 14.8 Å². The first-order chi connectivity index (χ1) is 6.91. The van der Waals surface area contributed by atoms with E-state index in [1.165, 1.54) is 3.58 Å². The molecule has 0 bridgehead atoms. The maximum absolute atomic E-state index is 11.8. The molecule has 80 valence electrons. The first-order valence-electron chi connectivity index (χ1n) is 5.08. The summed E-state index contributed by atoms with van der Waals surface area (Å²) in [6.45, 7) is 0. The zero-order chi connectivity index (χ0) is 11.2. The number of nitrogens with zero attached hydrogens (tertiary/aromatic N) is 2. The van der Waals surface area contributed by atoms with Crippen molar-refractivity contribution in [3.8, 4) is 0 Å². The van der Waals surface area contributed by atoms with Crippen molar-refractivity contribution in [3.05, 3.63) is 35.0 Å². The van der Waals surface area contributed by atoms with Crippen molar-refractivity contribution < 1.29 is 0 Å². The van der Waals surface area contributed by atoms with Crippen LogP contribution in [0.2, 0.25) is 14.8 Å². The van der Waals surface area contributed by atoms with Gasteiger partial charge in [0.1, 0.15) is 0 Å². The van der Waals surface area contributed by atoms with Gasteiger partial charge in [-0.25, -0.2) is 0 Å². The number of hydrogen-bond acceptors (Lipinski definition) is 1. The summed E-state index contributed by atoms with van der Waals surface area (Å²) in [5.74, 6) is 0. The summed E-state index contributed by atoms with van der Waals surface area (Å²) in [6.07, 6.45) is 3.74. The Morgan fingerprint density at radius 2 is 1.80 bits per heavy atom. The number of fused-ring (bicyclic) bond motifs is 1. The van der Waals surface area contributed by atoms with Crippen LogP contribution in [-0.2, 0) is 7.05 Å². The quantitative estimate of drug-likeness (QED) is 0.727. The molecule has 0 amide bonds. The Morgan fingerprint density at radius 1 is 1.13 bits per heavy atom. The average Bonchev–Trinajstić information content (AvgIpc) is 2.54. The van der Waals surface area contributed by atoms with Gasteiger partial charge in [-0.05, 0) is 0 Å². The molecule has 15 heavy (non-hydrogen) atoms. The first kappa shape index (κ1) is 10.8. The van der Waals surface area contributed by atoms with E-state index in [1.807, 2.05) is 18.5 Å². The Labute approximate surface area is 93.2 Å². The topological polar surface area (TPSA) is 26.4 Å². The van der Waals surface area contributed by atoms with E-state index in [0.29, 0.717) is 0 Å². The van der Waals surface area contributed by atoms with Gasteiger partial charge in [-0.3, -0.25) is 0 Å². The molecule has 0 unspecified atom stereocenters. The molecular weight excluding hydrogens is 295 g/mol. The zero-order valence-electron chi connectivity index (χ0n) is 9.61. The number of aromatic nitrogens is 2. The fourth-order valence-corrected chi connectivity index (χ4v) is 6.25. The number of rotatable bonds is 1. The summed E-state index contributed by atoms with van der Waals surface area (Å²) in [5.41, 5.74) is 1.13. The predicted octanol–water partition coefficient (Wildman–Crippen LogP) is 1.18. The molecule has 3 nitrogen and oxygen atoms in total. The summed E-state index contributed by atoms with van der Waals surface area (Å²) in [5, 5.41) is 0. The molecule has 2 aromatic heterocycles. The summed E-state index contributed by atoms with van der Waals surface area (Å²) in [7, 11) is 1.78. The summed E-state index contributed by atoms with van der Waals surface area (Å²) in [6, 6.07) is 4.16. The van der Waals surface area contributed by atoms with Gasteiger partial charge in [0, 0.05) is 0 Å². The second-order valence-corrected chi connectivity index (χ2v) is 19.3. The zero-order valence-corrected chi connectivity index (χ0v) is 12.5.